The largest absolute Gasteiger partial charge is 0.550 e. The smallest absolute Gasteiger partial charge is 0.329 e. The van der Waals surface area contributed by atoms with Crippen LogP contribution in [0.2, 0.25) is 0 Å². The van der Waals surface area contributed by atoms with Crippen LogP contribution in [0.3, 0.4) is 0 Å². The third-order valence-electron chi connectivity index (χ3n) is 3.49. The number of fused-ring (bicyclic) bond motifs is 1. The number of rotatable bonds is 8. The summed E-state index contributed by atoms with van der Waals surface area (Å²) in [4.78, 5) is 41.1. The molecule has 2 rings (SSSR count). The number of carboxylic acid groups (broad SMARTS) is 1. The Balaban J connectivity index is 2.46. The quantitative estimate of drug-likeness (QED) is 0.528. The SMILES string of the molecule is CCCCCn1c(SCCC(=O)[O-])nc2c1c(=O)[nH]c(=O)n2C. The number of imidazole rings is 1. The number of H-pyrrole nitrogens is 1. The average Bonchev–Trinajstić information content (AvgIpc) is 2.84. The van der Waals surface area contributed by atoms with Gasteiger partial charge in [-0.15, -0.1) is 0 Å². The van der Waals surface area contributed by atoms with E-state index >= 15 is 0 Å². The van der Waals surface area contributed by atoms with Gasteiger partial charge in [0.25, 0.3) is 5.56 Å². The number of aromatic amines is 1. The van der Waals surface area contributed by atoms with Crippen LogP contribution in [-0.4, -0.2) is 30.8 Å². The van der Waals surface area contributed by atoms with Crippen molar-refractivity contribution in [2.75, 3.05) is 5.75 Å². The first-order chi connectivity index (χ1) is 11.0. The molecule has 2 heterocycles. The molecule has 126 valence electrons. The second kappa shape index (κ2) is 7.49. The molecular formula is C14H19N4O4S-. The number of hydrogen-bond acceptors (Lipinski definition) is 6. The minimum Gasteiger partial charge on any atom is -0.550 e. The number of aliphatic carboxylic acids is 1. The van der Waals surface area contributed by atoms with Crippen molar-refractivity contribution in [2.24, 2.45) is 7.05 Å². The summed E-state index contributed by atoms with van der Waals surface area (Å²) in [7, 11) is 1.54. The molecule has 0 radical (unpaired) electrons. The van der Waals surface area contributed by atoms with Crippen molar-refractivity contribution in [3.8, 4) is 0 Å². The first kappa shape index (κ1) is 17.3. The van der Waals surface area contributed by atoms with E-state index in [1.807, 2.05) is 0 Å². The Bertz CT molecular complexity index is 821. The highest BCUT2D eigenvalue weighted by atomic mass is 32.2. The Morgan fingerprint density at radius 1 is 1.35 bits per heavy atom. The van der Waals surface area contributed by atoms with Gasteiger partial charge in [0.05, 0.1) is 0 Å². The van der Waals surface area contributed by atoms with Gasteiger partial charge in [0.15, 0.2) is 16.3 Å². The zero-order valence-corrected chi connectivity index (χ0v) is 13.9. The molecule has 8 nitrogen and oxygen atoms in total. The maximum absolute atomic E-state index is 12.2. The molecule has 0 aliphatic carbocycles. The summed E-state index contributed by atoms with van der Waals surface area (Å²) in [5, 5.41) is 11.1. The van der Waals surface area contributed by atoms with Gasteiger partial charge in [-0.25, -0.2) is 9.78 Å². The zero-order chi connectivity index (χ0) is 17.0. The summed E-state index contributed by atoms with van der Waals surface area (Å²) in [6.45, 7) is 2.68. The van der Waals surface area contributed by atoms with Gasteiger partial charge in [-0.2, -0.15) is 0 Å². The van der Waals surface area contributed by atoms with Gasteiger partial charge in [-0.1, -0.05) is 31.5 Å². The Kier molecular flexibility index (Phi) is 5.64. The first-order valence-electron chi connectivity index (χ1n) is 7.48. The number of thioether (sulfide) groups is 1. The number of carbonyl (C=O) groups is 1. The van der Waals surface area contributed by atoms with Gasteiger partial charge in [-0.05, 0) is 12.8 Å². The molecule has 0 saturated carbocycles. The van der Waals surface area contributed by atoms with Gasteiger partial charge in [-0.3, -0.25) is 14.3 Å². The molecule has 0 aliphatic rings. The fourth-order valence-electron chi connectivity index (χ4n) is 2.28. The fourth-order valence-corrected chi connectivity index (χ4v) is 3.22. The van der Waals surface area contributed by atoms with Crippen molar-refractivity contribution in [2.45, 2.75) is 44.3 Å². The number of unbranched alkanes of at least 4 members (excludes halogenated alkanes) is 2. The van der Waals surface area contributed by atoms with Crippen molar-refractivity contribution in [3.05, 3.63) is 20.8 Å². The highest BCUT2D eigenvalue weighted by Gasteiger charge is 2.17. The summed E-state index contributed by atoms with van der Waals surface area (Å²) in [5.74, 6) is -0.831. The summed E-state index contributed by atoms with van der Waals surface area (Å²) < 4.78 is 3.05. The highest BCUT2D eigenvalue weighted by Crippen LogP contribution is 2.22. The standard InChI is InChI=1S/C14H20N4O4S/c1-3-4-5-7-18-10-11(17(2)13(22)16-12(10)21)15-14(18)23-8-6-9(19)20/h3-8H2,1-2H3,(H,19,20)(H,16,21,22)/p-1. The second-order valence-corrected chi connectivity index (χ2v) is 6.28. The number of hydrogen-bond donors (Lipinski definition) is 1. The molecule has 2 aromatic heterocycles. The second-order valence-electron chi connectivity index (χ2n) is 5.21. The number of nitrogens with one attached hydrogen (secondary N) is 1. The summed E-state index contributed by atoms with van der Waals surface area (Å²) in [5.41, 5.74) is -0.337. The van der Waals surface area contributed by atoms with Crippen molar-refractivity contribution >= 4 is 28.9 Å². The molecule has 0 unspecified atom stereocenters. The van der Waals surface area contributed by atoms with Gasteiger partial charge < -0.3 is 14.5 Å². The van der Waals surface area contributed by atoms with Crippen molar-refractivity contribution < 1.29 is 9.90 Å². The Hall–Kier alpha value is -2.03. The number of nitrogens with zero attached hydrogens (tertiary/aromatic N) is 3. The van der Waals surface area contributed by atoms with E-state index in [1.54, 1.807) is 11.6 Å². The molecule has 0 atom stereocenters. The van der Waals surface area contributed by atoms with E-state index in [0.717, 1.165) is 19.3 Å². The number of aryl methyl sites for hydroxylation is 2. The zero-order valence-electron chi connectivity index (χ0n) is 13.1. The van der Waals surface area contributed by atoms with Gasteiger partial charge in [0, 0.05) is 25.3 Å². The van der Waals surface area contributed by atoms with Crippen LogP contribution < -0.4 is 16.4 Å². The first-order valence-corrected chi connectivity index (χ1v) is 8.46. The van der Waals surface area contributed by atoms with E-state index < -0.39 is 17.2 Å². The predicted molar refractivity (Wildman–Crippen MR) is 85.5 cm³/mol. The maximum Gasteiger partial charge on any atom is 0.329 e. The van der Waals surface area contributed by atoms with Crippen LogP contribution in [0.1, 0.15) is 32.6 Å². The van der Waals surface area contributed by atoms with E-state index in [-0.39, 0.29) is 6.42 Å². The van der Waals surface area contributed by atoms with Crippen molar-refractivity contribution in [3.63, 3.8) is 0 Å². The topological polar surface area (TPSA) is 113 Å². The summed E-state index contributed by atoms with van der Waals surface area (Å²) in [6, 6.07) is 0. The number of carboxylic acids is 1. The van der Waals surface area contributed by atoms with Crippen molar-refractivity contribution in [1.29, 1.82) is 0 Å². The number of carbonyl (C=O) groups excluding carboxylic acids is 1. The third kappa shape index (κ3) is 3.84. The molecule has 0 amide bonds. The molecule has 0 fully saturated rings. The lowest BCUT2D eigenvalue weighted by Gasteiger charge is -2.08. The normalized spacial score (nSPS) is 11.2. The van der Waals surface area contributed by atoms with Gasteiger partial charge in [0.2, 0.25) is 0 Å². The van der Waals surface area contributed by atoms with Crippen LogP contribution in [-0.2, 0) is 18.4 Å². The maximum atomic E-state index is 12.2. The molecule has 0 bridgehead atoms. The van der Waals surface area contributed by atoms with E-state index in [2.05, 4.69) is 16.9 Å². The molecule has 23 heavy (non-hydrogen) atoms. The Labute approximate surface area is 136 Å². The van der Waals surface area contributed by atoms with Crippen LogP contribution in [0.25, 0.3) is 11.2 Å². The van der Waals surface area contributed by atoms with Crippen LogP contribution in [0, 0.1) is 0 Å². The molecular weight excluding hydrogens is 320 g/mol. The van der Waals surface area contributed by atoms with E-state index in [9.17, 15) is 19.5 Å². The lowest BCUT2D eigenvalue weighted by atomic mass is 10.2. The lowest BCUT2D eigenvalue weighted by molar-refractivity contribution is -0.305. The van der Waals surface area contributed by atoms with Crippen LogP contribution in [0.5, 0.6) is 0 Å². The van der Waals surface area contributed by atoms with Crippen molar-refractivity contribution in [1.82, 2.24) is 19.1 Å². The Morgan fingerprint density at radius 3 is 2.74 bits per heavy atom. The van der Waals surface area contributed by atoms with E-state index in [1.165, 1.54) is 16.3 Å². The van der Waals surface area contributed by atoms with Crippen LogP contribution in [0.15, 0.2) is 14.7 Å². The average molecular weight is 339 g/mol. The van der Waals surface area contributed by atoms with Crippen LogP contribution >= 0.6 is 11.8 Å². The van der Waals surface area contributed by atoms with Crippen LogP contribution in [0.4, 0.5) is 0 Å². The molecule has 0 aromatic carbocycles. The number of aromatic nitrogens is 4. The van der Waals surface area contributed by atoms with Gasteiger partial charge >= 0.3 is 5.69 Å². The molecule has 0 saturated heterocycles. The highest BCUT2D eigenvalue weighted by molar-refractivity contribution is 7.99. The summed E-state index contributed by atoms with van der Waals surface area (Å²) >= 11 is 1.25. The molecule has 1 N–H and O–H groups in total. The minimum atomic E-state index is -1.13. The third-order valence-corrected chi connectivity index (χ3v) is 4.47. The molecule has 0 aliphatic heterocycles. The lowest BCUT2D eigenvalue weighted by Crippen LogP contribution is -2.29. The fraction of sp³-hybridized carbons (Fsp3) is 0.571. The molecule has 2 aromatic rings. The minimum absolute atomic E-state index is 0.0991. The van der Waals surface area contributed by atoms with E-state index in [0.29, 0.717) is 28.6 Å². The predicted octanol–water partition coefficient (Wildman–Crippen LogP) is -0.154. The Morgan fingerprint density at radius 2 is 2.09 bits per heavy atom. The summed E-state index contributed by atoms with van der Waals surface area (Å²) in [6.07, 6.45) is 2.82. The molecule has 9 heteroatoms. The monoisotopic (exact) mass is 339 g/mol. The van der Waals surface area contributed by atoms with Gasteiger partial charge in [0.1, 0.15) is 0 Å². The van der Waals surface area contributed by atoms with E-state index in [4.69, 9.17) is 0 Å². The molecule has 0 spiro atoms.